The molecule has 0 aliphatic carbocycles. The predicted octanol–water partition coefficient (Wildman–Crippen LogP) is 2.92. The molecule has 0 saturated carbocycles. The minimum absolute atomic E-state index is 0.916. The quantitative estimate of drug-likeness (QED) is 0.592. The zero-order chi connectivity index (χ0) is 10.5. The highest BCUT2D eigenvalue weighted by atomic mass is 79.9. The number of pyridine rings is 1. The molecule has 1 heterocycles. The molecule has 0 unspecified atom stereocenters. The summed E-state index contributed by atoms with van der Waals surface area (Å²) < 4.78 is 2.18. The van der Waals surface area contributed by atoms with Crippen molar-refractivity contribution in [1.82, 2.24) is 0 Å². The zero-order valence-corrected chi connectivity index (χ0v) is 10.0. The van der Waals surface area contributed by atoms with Crippen molar-refractivity contribution in [3.63, 3.8) is 0 Å². The maximum atomic E-state index is 3.44. The van der Waals surface area contributed by atoms with Crippen LogP contribution >= 0.6 is 15.9 Å². The third kappa shape index (κ3) is 2.90. The second kappa shape index (κ2) is 5.08. The number of nitrogens with zero attached hydrogens (tertiary/aromatic N) is 1. The lowest BCUT2D eigenvalue weighted by Gasteiger charge is -1.98. The summed E-state index contributed by atoms with van der Waals surface area (Å²) in [5, 5.41) is 0.916. The lowest BCUT2D eigenvalue weighted by Crippen LogP contribution is -2.33. The topological polar surface area (TPSA) is 3.88 Å². The van der Waals surface area contributed by atoms with Crippen molar-refractivity contribution in [1.29, 1.82) is 0 Å². The van der Waals surface area contributed by atoms with Gasteiger partial charge in [-0.25, -0.2) is 4.57 Å². The van der Waals surface area contributed by atoms with Crippen molar-refractivity contribution >= 4 is 15.9 Å². The fourth-order valence-corrected chi connectivity index (χ4v) is 1.85. The van der Waals surface area contributed by atoms with Crippen molar-refractivity contribution in [3.8, 4) is 0 Å². The van der Waals surface area contributed by atoms with Gasteiger partial charge < -0.3 is 0 Å². The van der Waals surface area contributed by atoms with Crippen LogP contribution in [0.25, 0.3) is 0 Å². The first-order valence-corrected chi connectivity index (χ1v) is 6.08. The molecule has 0 atom stereocenters. The van der Waals surface area contributed by atoms with Gasteiger partial charge in [0.1, 0.15) is 0 Å². The first-order chi connectivity index (χ1) is 7.38. The summed E-state index contributed by atoms with van der Waals surface area (Å²) in [6, 6.07) is 14.7. The number of aromatic nitrogens is 1. The van der Waals surface area contributed by atoms with E-state index in [1.807, 2.05) is 6.07 Å². The largest absolute Gasteiger partial charge is 0.201 e. The van der Waals surface area contributed by atoms with E-state index < -0.39 is 0 Å². The molecule has 1 nitrogen and oxygen atoms in total. The smallest absolute Gasteiger partial charge is 0.173 e. The fourth-order valence-electron chi connectivity index (χ4n) is 1.48. The third-order valence-electron chi connectivity index (χ3n) is 2.32. The van der Waals surface area contributed by atoms with Gasteiger partial charge in [0.25, 0.3) is 0 Å². The van der Waals surface area contributed by atoms with Crippen LogP contribution in [0, 0.1) is 0 Å². The fraction of sp³-hybridized carbons (Fsp3) is 0.154. The van der Waals surface area contributed by atoms with E-state index in [4.69, 9.17) is 0 Å². The van der Waals surface area contributed by atoms with Gasteiger partial charge in [0.05, 0.1) is 0 Å². The minimum Gasteiger partial charge on any atom is -0.201 e. The number of hydrogen-bond acceptors (Lipinski definition) is 0. The van der Waals surface area contributed by atoms with Crippen LogP contribution in [0.4, 0.5) is 0 Å². The summed E-state index contributed by atoms with van der Waals surface area (Å²) in [5.74, 6) is 0. The van der Waals surface area contributed by atoms with Gasteiger partial charge in [-0.1, -0.05) is 46.3 Å². The van der Waals surface area contributed by atoms with E-state index in [1.165, 1.54) is 11.1 Å². The number of rotatable bonds is 3. The first-order valence-electron chi connectivity index (χ1n) is 4.96. The summed E-state index contributed by atoms with van der Waals surface area (Å²) >= 11 is 3.44. The van der Waals surface area contributed by atoms with Gasteiger partial charge in [-0.05, 0) is 5.56 Å². The maximum absolute atomic E-state index is 3.44. The van der Waals surface area contributed by atoms with Crippen LogP contribution in [-0.2, 0) is 11.9 Å². The van der Waals surface area contributed by atoms with E-state index >= 15 is 0 Å². The van der Waals surface area contributed by atoms with Gasteiger partial charge >= 0.3 is 0 Å². The summed E-state index contributed by atoms with van der Waals surface area (Å²) in [7, 11) is 0. The molecule has 0 fully saturated rings. The van der Waals surface area contributed by atoms with E-state index in [0.29, 0.717) is 0 Å². The van der Waals surface area contributed by atoms with Crippen molar-refractivity contribution in [2.75, 3.05) is 0 Å². The SMILES string of the molecule is BrCc1cc[n+](Cc2ccccc2)cc1. The van der Waals surface area contributed by atoms with Crippen molar-refractivity contribution < 1.29 is 4.57 Å². The Hall–Kier alpha value is -1.15. The lowest BCUT2D eigenvalue weighted by atomic mass is 10.2. The standard InChI is InChI=1S/C13H13BrN/c14-10-12-6-8-15(9-7-12)11-13-4-2-1-3-5-13/h1-9H,10-11H2/q+1. The van der Waals surface area contributed by atoms with Crippen molar-refractivity contribution in [3.05, 3.63) is 66.0 Å². The Morgan fingerprint density at radius 2 is 1.53 bits per heavy atom. The molecule has 0 spiro atoms. The van der Waals surface area contributed by atoms with Gasteiger partial charge in [0.15, 0.2) is 18.9 Å². The molecule has 76 valence electrons. The number of benzene rings is 1. The molecule has 0 aliphatic rings. The Bertz CT molecular complexity index is 408. The van der Waals surface area contributed by atoms with Crippen molar-refractivity contribution in [2.24, 2.45) is 0 Å². The third-order valence-corrected chi connectivity index (χ3v) is 2.97. The van der Waals surface area contributed by atoms with Gasteiger partial charge in [-0.3, -0.25) is 0 Å². The molecule has 1 aromatic carbocycles. The molecule has 0 radical (unpaired) electrons. The number of hydrogen-bond donors (Lipinski definition) is 0. The second-order valence-corrected chi connectivity index (χ2v) is 4.06. The van der Waals surface area contributed by atoms with Gasteiger partial charge in [0.2, 0.25) is 0 Å². The number of halogens is 1. The Labute approximate surface area is 98.5 Å². The normalized spacial score (nSPS) is 10.2. The molecular formula is C13H13BrN+. The van der Waals surface area contributed by atoms with E-state index in [9.17, 15) is 0 Å². The zero-order valence-electron chi connectivity index (χ0n) is 8.44. The van der Waals surface area contributed by atoms with Gasteiger partial charge in [-0.15, -0.1) is 0 Å². The molecule has 2 heteroatoms. The molecule has 0 saturated heterocycles. The highest BCUT2D eigenvalue weighted by Gasteiger charge is 2.01. The second-order valence-electron chi connectivity index (χ2n) is 3.50. The highest BCUT2D eigenvalue weighted by molar-refractivity contribution is 9.08. The summed E-state index contributed by atoms with van der Waals surface area (Å²) in [6.45, 7) is 0.934. The average Bonchev–Trinajstić information content (AvgIpc) is 2.31. The monoisotopic (exact) mass is 262 g/mol. The Morgan fingerprint density at radius 3 is 2.13 bits per heavy atom. The molecular weight excluding hydrogens is 250 g/mol. The molecule has 2 rings (SSSR count). The van der Waals surface area contributed by atoms with Crippen LogP contribution in [0.1, 0.15) is 11.1 Å². The maximum Gasteiger partial charge on any atom is 0.173 e. The Kier molecular flexibility index (Phi) is 3.51. The lowest BCUT2D eigenvalue weighted by molar-refractivity contribution is -0.688. The molecule has 0 aliphatic heterocycles. The first kappa shape index (κ1) is 10.4. The van der Waals surface area contributed by atoms with E-state index in [1.54, 1.807) is 0 Å². The Morgan fingerprint density at radius 1 is 0.867 bits per heavy atom. The van der Waals surface area contributed by atoms with Crippen LogP contribution in [0.2, 0.25) is 0 Å². The highest BCUT2D eigenvalue weighted by Crippen LogP contribution is 2.02. The van der Waals surface area contributed by atoms with Crippen LogP contribution < -0.4 is 4.57 Å². The van der Waals surface area contributed by atoms with Gasteiger partial charge in [-0.2, -0.15) is 0 Å². The van der Waals surface area contributed by atoms with E-state index in [-0.39, 0.29) is 0 Å². The molecule has 1 aromatic heterocycles. The van der Waals surface area contributed by atoms with E-state index in [2.05, 4.69) is 69.3 Å². The predicted molar refractivity (Wildman–Crippen MR) is 64.8 cm³/mol. The van der Waals surface area contributed by atoms with Gasteiger partial charge in [0, 0.05) is 23.0 Å². The summed E-state index contributed by atoms with van der Waals surface area (Å²) in [4.78, 5) is 0. The molecule has 0 bridgehead atoms. The summed E-state index contributed by atoms with van der Waals surface area (Å²) in [5.41, 5.74) is 2.63. The average molecular weight is 263 g/mol. The molecule has 0 N–H and O–H groups in total. The molecule has 15 heavy (non-hydrogen) atoms. The van der Waals surface area contributed by atoms with E-state index in [0.717, 1.165) is 11.9 Å². The van der Waals surface area contributed by atoms with Crippen LogP contribution in [0.15, 0.2) is 54.9 Å². The Balaban J connectivity index is 2.11. The molecule has 2 aromatic rings. The van der Waals surface area contributed by atoms with Crippen molar-refractivity contribution in [2.45, 2.75) is 11.9 Å². The minimum atomic E-state index is 0.916. The van der Waals surface area contributed by atoms with Crippen LogP contribution in [0.5, 0.6) is 0 Å². The van der Waals surface area contributed by atoms with Crippen LogP contribution in [-0.4, -0.2) is 0 Å². The molecule has 0 amide bonds. The number of alkyl halides is 1. The summed E-state index contributed by atoms with van der Waals surface area (Å²) in [6.07, 6.45) is 4.23. The van der Waals surface area contributed by atoms with Crippen LogP contribution in [0.3, 0.4) is 0 Å².